The number of nitrogens with one attached hydrogen (secondary N) is 2. The normalized spacial score (nSPS) is 10.4. The third kappa shape index (κ3) is 4.74. The molecule has 3 aromatic rings. The zero-order valence-corrected chi connectivity index (χ0v) is 16.0. The number of amides is 1. The Morgan fingerprint density at radius 3 is 2.63 bits per heavy atom. The van der Waals surface area contributed by atoms with E-state index < -0.39 is 0 Å². The van der Waals surface area contributed by atoms with Gasteiger partial charge >= 0.3 is 0 Å². The molecular weight excluding hydrogens is 364 g/mol. The Labute approximate surface area is 162 Å². The zero-order valence-electron chi connectivity index (χ0n) is 15.2. The SMILES string of the molecule is COc1ccc(C)cc1Nc1nc(C)cc(C(=O)Nc2cccc(Cl)c2)n1. The number of carbonyl (C=O) groups excluding carboxylic acids is 1. The van der Waals surface area contributed by atoms with Gasteiger partial charge in [0.2, 0.25) is 5.95 Å². The minimum absolute atomic E-state index is 0.247. The van der Waals surface area contributed by atoms with E-state index in [0.717, 1.165) is 11.3 Å². The highest BCUT2D eigenvalue weighted by Crippen LogP contribution is 2.27. The van der Waals surface area contributed by atoms with Crippen LogP contribution in [0.15, 0.2) is 48.5 Å². The molecule has 0 aliphatic carbocycles. The lowest BCUT2D eigenvalue weighted by Crippen LogP contribution is -2.15. The van der Waals surface area contributed by atoms with E-state index in [1.54, 1.807) is 44.4 Å². The molecule has 2 aromatic carbocycles. The van der Waals surface area contributed by atoms with Crippen LogP contribution in [-0.4, -0.2) is 23.0 Å². The average molecular weight is 383 g/mol. The van der Waals surface area contributed by atoms with Crippen LogP contribution in [0.25, 0.3) is 0 Å². The highest BCUT2D eigenvalue weighted by molar-refractivity contribution is 6.30. The second-order valence-electron chi connectivity index (χ2n) is 6.01. The zero-order chi connectivity index (χ0) is 19.4. The minimum atomic E-state index is -0.345. The summed E-state index contributed by atoms with van der Waals surface area (Å²) >= 11 is 5.96. The van der Waals surface area contributed by atoms with Crippen LogP contribution in [-0.2, 0) is 0 Å². The summed E-state index contributed by atoms with van der Waals surface area (Å²) in [5, 5.41) is 6.45. The van der Waals surface area contributed by atoms with Crippen molar-refractivity contribution in [1.29, 1.82) is 0 Å². The third-order valence-electron chi connectivity index (χ3n) is 3.77. The molecule has 0 bridgehead atoms. The fraction of sp³-hybridized carbons (Fsp3) is 0.150. The van der Waals surface area contributed by atoms with Gasteiger partial charge in [-0.25, -0.2) is 9.97 Å². The summed E-state index contributed by atoms with van der Waals surface area (Å²) in [7, 11) is 1.59. The van der Waals surface area contributed by atoms with Crippen LogP contribution in [0.4, 0.5) is 17.3 Å². The number of hydrogen-bond acceptors (Lipinski definition) is 5. The number of aryl methyl sites for hydroxylation is 2. The molecule has 138 valence electrons. The number of rotatable bonds is 5. The van der Waals surface area contributed by atoms with Crippen LogP contribution in [0.2, 0.25) is 5.02 Å². The number of halogens is 1. The van der Waals surface area contributed by atoms with Crippen molar-refractivity contribution in [3.63, 3.8) is 0 Å². The third-order valence-corrected chi connectivity index (χ3v) is 4.01. The van der Waals surface area contributed by atoms with Gasteiger partial charge in [0.15, 0.2) is 0 Å². The van der Waals surface area contributed by atoms with Gasteiger partial charge in [-0.05, 0) is 55.8 Å². The molecule has 0 radical (unpaired) electrons. The van der Waals surface area contributed by atoms with Crippen molar-refractivity contribution in [2.75, 3.05) is 17.7 Å². The van der Waals surface area contributed by atoms with Crippen molar-refractivity contribution < 1.29 is 9.53 Å². The van der Waals surface area contributed by atoms with Crippen LogP contribution in [0.5, 0.6) is 5.75 Å². The molecule has 0 saturated heterocycles. The first kappa shape index (κ1) is 18.7. The number of aromatic nitrogens is 2. The predicted octanol–water partition coefficient (Wildman–Crippen LogP) is 4.75. The van der Waals surface area contributed by atoms with Crippen LogP contribution >= 0.6 is 11.6 Å². The van der Waals surface area contributed by atoms with Crippen molar-refractivity contribution in [2.24, 2.45) is 0 Å². The molecule has 1 amide bonds. The van der Waals surface area contributed by atoms with Gasteiger partial charge in [-0.2, -0.15) is 0 Å². The molecule has 6 nitrogen and oxygen atoms in total. The fourth-order valence-electron chi connectivity index (χ4n) is 2.54. The van der Waals surface area contributed by atoms with Gasteiger partial charge < -0.3 is 15.4 Å². The van der Waals surface area contributed by atoms with Crippen LogP contribution < -0.4 is 15.4 Å². The maximum Gasteiger partial charge on any atom is 0.274 e. The lowest BCUT2D eigenvalue weighted by molar-refractivity contribution is 0.102. The standard InChI is InChI=1S/C20H19ClN4O2/c1-12-7-8-18(27-3)16(9-12)24-20-22-13(2)10-17(25-20)19(26)23-15-6-4-5-14(21)11-15/h4-11H,1-3H3,(H,23,26)(H,22,24,25). The molecule has 0 atom stereocenters. The molecular formula is C20H19ClN4O2. The Morgan fingerprint density at radius 1 is 1.07 bits per heavy atom. The van der Waals surface area contributed by atoms with Gasteiger partial charge in [-0.15, -0.1) is 0 Å². The van der Waals surface area contributed by atoms with Crippen molar-refractivity contribution in [2.45, 2.75) is 13.8 Å². The van der Waals surface area contributed by atoms with E-state index in [4.69, 9.17) is 16.3 Å². The van der Waals surface area contributed by atoms with E-state index in [1.807, 2.05) is 25.1 Å². The molecule has 2 N–H and O–H groups in total. The lowest BCUT2D eigenvalue weighted by Gasteiger charge is -2.12. The molecule has 3 rings (SSSR count). The molecule has 1 aromatic heterocycles. The fourth-order valence-corrected chi connectivity index (χ4v) is 2.73. The molecule has 0 saturated carbocycles. The van der Waals surface area contributed by atoms with Crippen molar-refractivity contribution >= 4 is 34.8 Å². The van der Waals surface area contributed by atoms with Crippen LogP contribution in [0.1, 0.15) is 21.7 Å². The van der Waals surface area contributed by atoms with E-state index in [-0.39, 0.29) is 11.6 Å². The molecule has 0 aliphatic heterocycles. The summed E-state index contributed by atoms with van der Waals surface area (Å²) in [5.41, 5.74) is 3.29. The summed E-state index contributed by atoms with van der Waals surface area (Å²) in [6.45, 7) is 3.78. The second kappa shape index (κ2) is 8.05. The summed E-state index contributed by atoms with van der Waals surface area (Å²) < 4.78 is 5.36. The molecule has 0 unspecified atom stereocenters. The number of methoxy groups -OCH3 is 1. The maximum atomic E-state index is 12.6. The molecule has 0 aliphatic rings. The number of ether oxygens (including phenoxy) is 1. The molecule has 1 heterocycles. The first-order valence-electron chi connectivity index (χ1n) is 8.29. The number of anilines is 3. The lowest BCUT2D eigenvalue weighted by atomic mass is 10.2. The van der Waals surface area contributed by atoms with Gasteiger partial charge in [0.25, 0.3) is 5.91 Å². The van der Waals surface area contributed by atoms with E-state index in [2.05, 4.69) is 20.6 Å². The average Bonchev–Trinajstić information content (AvgIpc) is 2.61. The molecule has 7 heteroatoms. The number of nitrogens with zero attached hydrogens (tertiary/aromatic N) is 2. The van der Waals surface area contributed by atoms with Crippen molar-refractivity contribution in [3.05, 3.63) is 70.5 Å². The van der Waals surface area contributed by atoms with Crippen LogP contribution in [0.3, 0.4) is 0 Å². The van der Waals surface area contributed by atoms with E-state index >= 15 is 0 Å². The Hall–Kier alpha value is -3.12. The summed E-state index contributed by atoms with van der Waals surface area (Å²) in [5.74, 6) is 0.632. The monoisotopic (exact) mass is 382 g/mol. The Morgan fingerprint density at radius 2 is 1.89 bits per heavy atom. The van der Waals surface area contributed by atoms with E-state index in [1.165, 1.54) is 0 Å². The summed E-state index contributed by atoms with van der Waals surface area (Å²) in [4.78, 5) is 21.3. The molecule has 0 fully saturated rings. The van der Waals surface area contributed by atoms with Gasteiger partial charge in [0, 0.05) is 16.4 Å². The van der Waals surface area contributed by atoms with Gasteiger partial charge in [-0.3, -0.25) is 4.79 Å². The minimum Gasteiger partial charge on any atom is -0.495 e. The smallest absolute Gasteiger partial charge is 0.274 e. The maximum absolute atomic E-state index is 12.6. The first-order valence-corrected chi connectivity index (χ1v) is 8.66. The van der Waals surface area contributed by atoms with Crippen molar-refractivity contribution in [1.82, 2.24) is 9.97 Å². The predicted molar refractivity (Wildman–Crippen MR) is 107 cm³/mol. The molecule has 0 spiro atoms. The number of hydrogen-bond donors (Lipinski definition) is 2. The highest BCUT2D eigenvalue weighted by atomic mass is 35.5. The topological polar surface area (TPSA) is 76.1 Å². The number of benzene rings is 2. The van der Waals surface area contributed by atoms with Gasteiger partial charge in [-0.1, -0.05) is 23.7 Å². The molecule has 27 heavy (non-hydrogen) atoms. The largest absolute Gasteiger partial charge is 0.495 e. The Bertz CT molecular complexity index is 991. The van der Waals surface area contributed by atoms with E-state index in [9.17, 15) is 4.79 Å². The second-order valence-corrected chi connectivity index (χ2v) is 6.45. The summed E-state index contributed by atoms with van der Waals surface area (Å²) in [6.07, 6.45) is 0. The highest BCUT2D eigenvalue weighted by Gasteiger charge is 2.13. The van der Waals surface area contributed by atoms with Crippen molar-refractivity contribution in [3.8, 4) is 5.75 Å². The Kier molecular flexibility index (Phi) is 5.57. The van der Waals surface area contributed by atoms with Gasteiger partial charge in [0.05, 0.1) is 12.8 Å². The quantitative estimate of drug-likeness (QED) is 0.665. The summed E-state index contributed by atoms with van der Waals surface area (Å²) in [6, 6.07) is 14.3. The first-order chi connectivity index (χ1) is 12.9. The number of carbonyl (C=O) groups is 1. The Balaban J connectivity index is 1.86. The van der Waals surface area contributed by atoms with Gasteiger partial charge in [0.1, 0.15) is 11.4 Å². The van der Waals surface area contributed by atoms with Crippen LogP contribution in [0, 0.1) is 13.8 Å². The van der Waals surface area contributed by atoms with E-state index in [0.29, 0.717) is 28.1 Å².